The highest BCUT2D eigenvalue weighted by molar-refractivity contribution is 5.76. The average molecular weight is 328 g/mol. The molecule has 4 nitrogen and oxygen atoms in total. The van der Waals surface area contributed by atoms with Crippen molar-refractivity contribution in [3.05, 3.63) is 29.6 Å². The molecule has 1 saturated heterocycles. The predicted molar refractivity (Wildman–Crippen MR) is 76.8 cm³/mol. The number of hydrogen-bond donors (Lipinski definition) is 1. The number of aliphatic carboxylic acids is 1. The van der Waals surface area contributed by atoms with Crippen molar-refractivity contribution in [1.82, 2.24) is 9.88 Å². The molecule has 23 heavy (non-hydrogen) atoms. The predicted octanol–water partition coefficient (Wildman–Crippen LogP) is 3.19. The van der Waals surface area contributed by atoms with Gasteiger partial charge in [-0.25, -0.2) is 0 Å². The Morgan fingerprint density at radius 1 is 1.39 bits per heavy atom. The van der Waals surface area contributed by atoms with Gasteiger partial charge in [0.1, 0.15) is 0 Å². The van der Waals surface area contributed by atoms with Gasteiger partial charge in [0.25, 0.3) is 0 Å². The zero-order valence-corrected chi connectivity index (χ0v) is 12.6. The molecule has 1 aliphatic carbocycles. The van der Waals surface area contributed by atoms with Crippen molar-refractivity contribution in [3.63, 3.8) is 0 Å². The summed E-state index contributed by atoms with van der Waals surface area (Å²) < 4.78 is 39.4. The van der Waals surface area contributed by atoms with E-state index in [-0.39, 0.29) is 6.54 Å². The molecule has 0 radical (unpaired) electrons. The lowest BCUT2D eigenvalue weighted by Crippen LogP contribution is -2.47. The van der Waals surface area contributed by atoms with Crippen LogP contribution in [0.2, 0.25) is 0 Å². The van der Waals surface area contributed by atoms with E-state index in [9.17, 15) is 18.0 Å². The van der Waals surface area contributed by atoms with E-state index in [2.05, 4.69) is 4.98 Å². The maximum absolute atomic E-state index is 13.1. The fourth-order valence-electron chi connectivity index (χ4n) is 3.28. The molecule has 0 bridgehead atoms. The van der Waals surface area contributed by atoms with Crippen LogP contribution in [0.1, 0.15) is 42.9 Å². The van der Waals surface area contributed by atoms with E-state index in [1.165, 1.54) is 6.42 Å². The number of carbonyl (C=O) groups is 1. The van der Waals surface area contributed by atoms with Gasteiger partial charge in [-0.15, -0.1) is 0 Å². The quantitative estimate of drug-likeness (QED) is 0.922. The summed E-state index contributed by atoms with van der Waals surface area (Å²) in [6.45, 7) is -0.0878. The minimum atomic E-state index is -4.74. The third kappa shape index (κ3) is 2.94. The molecule has 1 aromatic heterocycles. The maximum atomic E-state index is 13.1. The molecule has 1 aliphatic heterocycles. The smallest absolute Gasteiger partial charge is 0.406 e. The lowest BCUT2D eigenvalue weighted by Gasteiger charge is -2.27. The van der Waals surface area contributed by atoms with E-state index in [1.54, 1.807) is 11.1 Å². The molecule has 0 aromatic carbocycles. The zero-order valence-electron chi connectivity index (χ0n) is 12.6. The number of carboxylic acids is 1. The van der Waals surface area contributed by atoms with Crippen molar-refractivity contribution in [2.75, 3.05) is 13.1 Å². The van der Waals surface area contributed by atoms with E-state index in [4.69, 9.17) is 5.11 Å². The Kier molecular flexibility index (Phi) is 4.08. The van der Waals surface area contributed by atoms with E-state index in [0.717, 1.165) is 24.1 Å². The summed E-state index contributed by atoms with van der Waals surface area (Å²) in [5.41, 5.74) is -0.792. The third-order valence-electron chi connectivity index (χ3n) is 5.08. The Hall–Kier alpha value is -1.63. The van der Waals surface area contributed by atoms with Crippen molar-refractivity contribution >= 4 is 5.97 Å². The highest BCUT2D eigenvalue weighted by Gasteiger charge is 2.63. The van der Waals surface area contributed by atoms with Gasteiger partial charge >= 0.3 is 12.1 Å². The van der Waals surface area contributed by atoms with Crippen molar-refractivity contribution < 1.29 is 23.1 Å². The summed E-state index contributed by atoms with van der Waals surface area (Å²) in [4.78, 5) is 17.1. The summed E-state index contributed by atoms with van der Waals surface area (Å²) in [7, 11) is 0. The second-order valence-electron chi connectivity index (χ2n) is 6.56. The van der Waals surface area contributed by atoms with Crippen LogP contribution in [0.25, 0.3) is 0 Å². The highest BCUT2D eigenvalue weighted by atomic mass is 19.4. The Morgan fingerprint density at radius 3 is 2.57 bits per heavy atom. The fraction of sp³-hybridized carbons (Fsp3) is 0.625. The minimum absolute atomic E-state index is 0.121. The van der Waals surface area contributed by atoms with Crippen LogP contribution >= 0.6 is 0 Å². The molecule has 1 atom stereocenters. The van der Waals surface area contributed by atoms with Gasteiger partial charge in [0, 0.05) is 37.4 Å². The van der Waals surface area contributed by atoms with Gasteiger partial charge in [0.05, 0.1) is 0 Å². The number of carboxylic acid groups (broad SMARTS) is 1. The number of aromatic nitrogens is 1. The van der Waals surface area contributed by atoms with Crippen LogP contribution in [0.3, 0.4) is 0 Å². The Balaban J connectivity index is 1.66. The van der Waals surface area contributed by atoms with Crippen LogP contribution in [0.15, 0.2) is 18.3 Å². The largest absolute Gasteiger partial charge is 0.481 e. The summed E-state index contributed by atoms with van der Waals surface area (Å²) in [5, 5.41) is 9.06. The fourth-order valence-corrected chi connectivity index (χ4v) is 3.28. The number of alkyl halides is 3. The number of pyridine rings is 1. The molecule has 1 aromatic rings. The van der Waals surface area contributed by atoms with Crippen LogP contribution in [0, 0.1) is 5.41 Å². The number of nitrogens with zero attached hydrogens (tertiary/aromatic N) is 2. The molecule has 2 heterocycles. The second kappa shape index (κ2) is 5.78. The molecule has 0 spiro atoms. The van der Waals surface area contributed by atoms with Gasteiger partial charge < -0.3 is 5.11 Å². The SMILES string of the molecule is O=C(O)C1(C(F)(F)F)CCN(Cc2ccc(C3CCC3)nc2)C1. The van der Waals surface area contributed by atoms with Crippen LogP contribution in [0.5, 0.6) is 0 Å². The highest BCUT2D eigenvalue weighted by Crippen LogP contribution is 2.46. The molecule has 0 amide bonds. The van der Waals surface area contributed by atoms with Gasteiger partial charge in [0.2, 0.25) is 0 Å². The van der Waals surface area contributed by atoms with Crippen LogP contribution in [-0.4, -0.2) is 40.2 Å². The van der Waals surface area contributed by atoms with Crippen molar-refractivity contribution in [3.8, 4) is 0 Å². The van der Waals surface area contributed by atoms with Crippen LogP contribution in [-0.2, 0) is 11.3 Å². The first-order chi connectivity index (χ1) is 10.8. The lowest BCUT2D eigenvalue weighted by molar-refractivity contribution is -0.227. The van der Waals surface area contributed by atoms with Crippen LogP contribution < -0.4 is 0 Å². The molecular weight excluding hydrogens is 309 g/mol. The molecule has 126 valence electrons. The van der Waals surface area contributed by atoms with E-state index in [1.807, 2.05) is 12.1 Å². The number of hydrogen-bond acceptors (Lipinski definition) is 3. The van der Waals surface area contributed by atoms with Gasteiger partial charge in [-0.3, -0.25) is 14.7 Å². The standard InChI is InChI=1S/C16H19F3N2O2/c17-16(18,19)15(14(22)23)6-7-21(10-15)9-11-4-5-13(20-8-11)12-2-1-3-12/h4-5,8,12H,1-3,6-7,9-10H2,(H,22,23). The number of halogens is 3. The first-order valence-corrected chi connectivity index (χ1v) is 7.79. The minimum Gasteiger partial charge on any atom is -0.481 e. The summed E-state index contributed by atoms with van der Waals surface area (Å²) >= 11 is 0. The molecule has 1 saturated carbocycles. The molecule has 1 unspecified atom stereocenters. The van der Waals surface area contributed by atoms with E-state index < -0.39 is 30.5 Å². The first-order valence-electron chi connectivity index (χ1n) is 7.79. The van der Waals surface area contributed by atoms with Gasteiger partial charge in [-0.05, 0) is 30.9 Å². The topological polar surface area (TPSA) is 53.4 Å². The molecule has 7 heteroatoms. The van der Waals surface area contributed by atoms with Gasteiger partial charge in [-0.2, -0.15) is 13.2 Å². The molecule has 2 fully saturated rings. The summed E-state index contributed by atoms with van der Waals surface area (Å²) in [6.07, 6.45) is 0.0638. The van der Waals surface area contributed by atoms with Crippen LogP contribution in [0.4, 0.5) is 13.2 Å². The average Bonchev–Trinajstić information content (AvgIpc) is 2.84. The molecular formula is C16H19F3N2O2. The number of rotatable bonds is 4. The normalized spacial score (nSPS) is 26.2. The Bertz CT molecular complexity index is 584. The van der Waals surface area contributed by atoms with Crippen molar-refractivity contribution in [1.29, 1.82) is 0 Å². The Morgan fingerprint density at radius 2 is 2.13 bits per heavy atom. The van der Waals surface area contributed by atoms with Gasteiger partial charge in [-0.1, -0.05) is 12.5 Å². The molecule has 2 aliphatic rings. The maximum Gasteiger partial charge on any atom is 0.406 e. The van der Waals surface area contributed by atoms with E-state index in [0.29, 0.717) is 12.5 Å². The monoisotopic (exact) mass is 328 g/mol. The third-order valence-corrected chi connectivity index (χ3v) is 5.08. The molecule has 3 rings (SSSR count). The Labute approximate surface area is 132 Å². The van der Waals surface area contributed by atoms with E-state index >= 15 is 0 Å². The molecule has 1 N–H and O–H groups in total. The summed E-state index contributed by atoms with van der Waals surface area (Å²) in [6, 6.07) is 3.82. The first kappa shape index (κ1) is 16.2. The zero-order chi connectivity index (χ0) is 16.7. The van der Waals surface area contributed by atoms with Crippen molar-refractivity contribution in [2.24, 2.45) is 5.41 Å². The second-order valence-corrected chi connectivity index (χ2v) is 6.56. The summed E-state index contributed by atoms with van der Waals surface area (Å²) in [5.74, 6) is -1.27. The number of likely N-dealkylation sites (tertiary alicyclic amines) is 1. The van der Waals surface area contributed by atoms with Gasteiger partial charge in [0.15, 0.2) is 5.41 Å². The van der Waals surface area contributed by atoms with Crippen molar-refractivity contribution in [2.45, 2.75) is 44.3 Å². The lowest BCUT2D eigenvalue weighted by atomic mass is 9.82.